The molecule has 0 fully saturated rings. The smallest absolute Gasteiger partial charge is 0.308 e. The molecule has 1 N–H and O–H groups in total. The lowest BCUT2D eigenvalue weighted by Crippen LogP contribution is -2.40. The minimum absolute atomic E-state index is 0.129. The molecule has 0 bridgehead atoms. The van der Waals surface area contributed by atoms with Crippen LogP contribution in [0.15, 0.2) is 66.6 Å². The molecule has 0 radical (unpaired) electrons. The molecule has 0 saturated heterocycles. The number of allylic oxidation sites excluding steroid dienone is 2. The van der Waals surface area contributed by atoms with Gasteiger partial charge in [0.2, 0.25) is 5.91 Å². The van der Waals surface area contributed by atoms with E-state index in [0.717, 1.165) is 47.2 Å². The average molecular weight is 674 g/mol. The van der Waals surface area contributed by atoms with Gasteiger partial charge in [-0.15, -0.1) is 13.2 Å². The summed E-state index contributed by atoms with van der Waals surface area (Å²) in [5.41, 5.74) is 5.37. The van der Waals surface area contributed by atoms with Crippen molar-refractivity contribution >= 4 is 11.9 Å². The van der Waals surface area contributed by atoms with E-state index in [2.05, 4.69) is 18.5 Å². The molecule has 0 saturated carbocycles. The number of nitrogens with zero attached hydrogens (tertiary/aromatic N) is 2. The number of ether oxygens (including phenoxy) is 2. The third kappa shape index (κ3) is 10.5. The monoisotopic (exact) mass is 673 g/mol. The number of carbonyl (C=O) groups is 2. The molecular formula is C40H52FN3O5. The van der Waals surface area contributed by atoms with Crippen molar-refractivity contribution in [2.45, 2.75) is 78.8 Å². The van der Waals surface area contributed by atoms with Crippen LogP contribution in [0.5, 0.6) is 5.75 Å². The van der Waals surface area contributed by atoms with E-state index < -0.39 is 29.8 Å². The second-order valence-electron chi connectivity index (χ2n) is 12.8. The SMILES string of the molecule is C=CCCCOc1cc(C)cc(C)c1-c1cc(C)c(F)c([C@H](CC(=O)OCC)NC(=O)[C@H](CC=C)n2cc(CCN(C)C)c(C)cc2=O)c1. The Morgan fingerprint density at radius 1 is 1.02 bits per heavy atom. The van der Waals surface area contributed by atoms with Gasteiger partial charge >= 0.3 is 5.97 Å². The number of esters is 1. The summed E-state index contributed by atoms with van der Waals surface area (Å²) in [5, 5.41) is 2.91. The summed E-state index contributed by atoms with van der Waals surface area (Å²) >= 11 is 0. The van der Waals surface area contributed by atoms with Gasteiger partial charge in [-0.05, 0) is 126 Å². The molecule has 0 unspecified atom stereocenters. The lowest BCUT2D eigenvalue weighted by Gasteiger charge is -2.26. The van der Waals surface area contributed by atoms with Gasteiger partial charge in [0.15, 0.2) is 0 Å². The molecule has 9 heteroatoms. The first-order chi connectivity index (χ1) is 23.3. The maximum atomic E-state index is 16.2. The van der Waals surface area contributed by atoms with E-state index in [1.165, 1.54) is 10.6 Å². The maximum Gasteiger partial charge on any atom is 0.308 e. The van der Waals surface area contributed by atoms with Crippen molar-refractivity contribution < 1.29 is 23.5 Å². The van der Waals surface area contributed by atoms with E-state index in [0.29, 0.717) is 29.9 Å². The highest BCUT2D eigenvalue weighted by molar-refractivity contribution is 5.82. The summed E-state index contributed by atoms with van der Waals surface area (Å²) < 4.78 is 29.0. The molecular weight excluding hydrogens is 621 g/mol. The zero-order valence-corrected chi connectivity index (χ0v) is 30.2. The largest absolute Gasteiger partial charge is 0.493 e. The number of rotatable bonds is 18. The van der Waals surface area contributed by atoms with Crippen molar-refractivity contribution in [3.05, 3.63) is 111 Å². The van der Waals surface area contributed by atoms with Crippen LogP contribution < -0.4 is 15.6 Å². The molecule has 0 spiro atoms. The average Bonchev–Trinajstić information content (AvgIpc) is 3.02. The number of nitrogens with one attached hydrogen (secondary N) is 1. The molecule has 0 aliphatic carbocycles. The van der Waals surface area contributed by atoms with Gasteiger partial charge in [0, 0.05) is 29.9 Å². The number of hydrogen-bond donors (Lipinski definition) is 1. The highest BCUT2D eigenvalue weighted by atomic mass is 19.1. The Hall–Kier alpha value is -4.50. The van der Waals surface area contributed by atoms with Crippen LogP contribution in [0, 0.1) is 33.5 Å². The summed E-state index contributed by atoms with van der Waals surface area (Å²) in [6.07, 6.45) is 7.26. The first-order valence-corrected chi connectivity index (χ1v) is 16.9. The lowest BCUT2D eigenvalue weighted by molar-refractivity contribution is -0.144. The van der Waals surface area contributed by atoms with Crippen LogP contribution in [0.25, 0.3) is 11.1 Å². The summed E-state index contributed by atoms with van der Waals surface area (Å²) in [4.78, 5) is 42.3. The number of unbranched alkanes of at least 4 members (excludes halogenated alkanes) is 1. The number of likely N-dealkylation sites (N-methyl/N-ethyl adjacent to an activating group) is 1. The fourth-order valence-electron chi connectivity index (χ4n) is 5.95. The molecule has 2 aromatic carbocycles. The van der Waals surface area contributed by atoms with Crippen LogP contribution in [0.4, 0.5) is 4.39 Å². The second-order valence-corrected chi connectivity index (χ2v) is 12.8. The fraction of sp³-hybridized carbons (Fsp3) is 0.425. The minimum Gasteiger partial charge on any atom is -0.493 e. The molecule has 1 heterocycles. The number of pyridine rings is 1. The number of amides is 1. The van der Waals surface area contributed by atoms with Crippen molar-refractivity contribution in [2.75, 3.05) is 33.9 Å². The van der Waals surface area contributed by atoms with Gasteiger partial charge in [-0.2, -0.15) is 0 Å². The standard InChI is InChI=1S/C40H52FN3O5/c1-10-13-14-18-49-35-20-26(4)19-28(6)38(35)31-21-29(7)39(41)32(23-31)33(24-37(46)48-12-3)42-40(47)34(15-11-2)44-25-30(16-17-43(8)9)27(5)22-36(44)45/h10-11,19-23,25,33-34H,1-2,12-18,24H2,3-9H3,(H,42,47)/t33-,34-/m0/s1. The van der Waals surface area contributed by atoms with Gasteiger partial charge in [0.25, 0.3) is 5.56 Å². The Kier molecular flexibility index (Phi) is 14.6. The predicted octanol–water partition coefficient (Wildman–Crippen LogP) is 7.27. The molecule has 264 valence electrons. The van der Waals surface area contributed by atoms with E-state index in [4.69, 9.17) is 9.47 Å². The molecule has 0 aliphatic heterocycles. The number of halogens is 1. The van der Waals surface area contributed by atoms with Gasteiger partial charge < -0.3 is 24.3 Å². The van der Waals surface area contributed by atoms with E-state index in [9.17, 15) is 14.4 Å². The van der Waals surface area contributed by atoms with Crippen molar-refractivity contribution in [1.29, 1.82) is 0 Å². The highest BCUT2D eigenvalue weighted by Crippen LogP contribution is 2.38. The van der Waals surface area contributed by atoms with Gasteiger partial charge in [0.05, 0.1) is 25.7 Å². The highest BCUT2D eigenvalue weighted by Gasteiger charge is 2.29. The van der Waals surface area contributed by atoms with Crippen molar-refractivity contribution in [1.82, 2.24) is 14.8 Å². The summed E-state index contributed by atoms with van der Waals surface area (Å²) in [6.45, 7) is 18.2. The fourth-order valence-corrected chi connectivity index (χ4v) is 5.95. The van der Waals surface area contributed by atoms with Gasteiger partial charge in [-0.3, -0.25) is 14.4 Å². The molecule has 3 rings (SSSR count). The van der Waals surface area contributed by atoms with Crippen molar-refractivity contribution in [2.24, 2.45) is 0 Å². The van der Waals surface area contributed by atoms with Crippen LogP contribution in [-0.2, 0) is 20.7 Å². The second kappa shape index (κ2) is 18.3. The third-order valence-corrected chi connectivity index (χ3v) is 8.45. The van der Waals surface area contributed by atoms with Crippen molar-refractivity contribution in [3.8, 4) is 16.9 Å². The first-order valence-electron chi connectivity index (χ1n) is 16.9. The predicted molar refractivity (Wildman–Crippen MR) is 195 cm³/mol. The Bertz CT molecular complexity index is 1710. The Labute approximate surface area is 290 Å². The van der Waals surface area contributed by atoms with Gasteiger partial charge in [0.1, 0.15) is 17.6 Å². The number of aromatic nitrogens is 1. The number of hydrogen-bond acceptors (Lipinski definition) is 6. The lowest BCUT2D eigenvalue weighted by atomic mass is 9.91. The zero-order chi connectivity index (χ0) is 36.2. The number of carbonyl (C=O) groups excluding carboxylic acids is 2. The van der Waals surface area contributed by atoms with Gasteiger partial charge in [-0.1, -0.05) is 18.2 Å². The molecule has 2 atom stereocenters. The molecule has 0 aliphatic rings. The number of aryl methyl sites for hydroxylation is 4. The van der Waals surface area contributed by atoms with E-state index in [1.807, 2.05) is 58.0 Å². The molecule has 3 aromatic rings. The zero-order valence-electron chi connectivity index (χ0n) is 30.2. The van der Waals surface area contributed by atoms with E-state index in [-0.39, 0.29) is 30.6 Å². The molecule has 49 heavy (non-hydrogen) atoms. The van der Waals surface area contributed by atoms with E-state index >= 15 is 4.39 Å². The normalized spacial score (nSPS) is 12.3. The van der Waals surface area contributed by atoms with Gasteiger partial charge in [-0.25, -0.2) is 4.39 Å². The number of benzene rings is 2. The van der Waals surface area contributed by atoms with Crippen LogP contribution in [0.1, 0.15) is 78.1 Å². The molecule has 8 nitrogen and oxygen atoms in total. The summed E-state index contributed by atoms with van der Waals surface area (Å²) in [6, 6.07) is 6.87. The Morgan fingerprint density at radius 2 is 1.76 bits per heavy atom. The first kappa shape index (κ1) is 38.9. The molecule has 1 amide bonds. The van der Waals surface area contributed by atoms with Crippen LogP contribution in [-0.4, -0.2) is 55.2 Å². The molecule has 1 aromatic heterocycles. The third-order valence-electron chi connectivity index (χ3n) is 8.45. The Balaban J connectivity index is 2.12. The van der Waals surface area contributed by atoms with Crippen LogP contribution in [0.3, 0.4) is 0 Å². The van der Waals surface area contributed by atoms with Crippen LogP contribution in [0.2, 0.25) is 0 Å². The summed E-state index contributed by atoms with van der Waals surface area (Å²) in [5.74, 6) is -1.01. The van der Waals surface area contributed by atoms with E-state index in [1.54, 1.807) is 38.3 Å². The maximum absolute atomic E-state index is 16.2. The Morgan fingerprint density at radius 3 is 2.41 bits per heavy atom. The minimum atomic E-state index is -1.09. The quantitative estimate of drug-likeness (QED) is 0.0869. The topological polar surface area (TPSA) is 89.9 Å². The van der Waals surface area contributed by atoms with Crippen molar-refractivity contribution in [3.63, 3.8) is 0 Å². The summed E-state index contributed by atoms with van der Waals surface area (Å²) in [7, 11) is 3.94. The van der Waals surface area contributed by atoms with Crippen LogP contribution >= 0.6 is 0 Å².